The Hall–Kier alpha value is -3.18. The van der Waals surface area contributed by atoms with Gasteiger partial charge in [0.2, 0.25) is 0 Å². The molecule has 0 atom stereocenters. The third-order valence-electron chi connectivity index (χ3n) is 5.02. The maximum Gasteiger partial charge on any atom is 0.279 e. The monoisotopic (exact) mass is 416 g/mol. The first-order chi connectivity index (χ1) is 14.5. The van der Waals surface area contributed by atoms with Crippen LogP contribution in [-0.4, -0.2) is 10.5 Å². The van der Waals surface area contributed by atoms with Gasteiger partial charge in [0.15, 0.2) is 4.80 Å². The highest BCUT2D eigenvalue weighted by Gasteiger charge is 2.11. The van der Waals surface area contributed by atoms with E-state index < -0.39 is 0 Å². The quantitative estimate of drug-likeness (QED) is 0.385. The number of carbonyl (C=O) groups is 1. The first-order valence-corrected chi connectivity index (χ1v) is 10.9. The van der Waals surface area contributed by atoms with Gasteiger partial charge in [0.25, 0.3) is 5.91 Å². The molecule has 0 saturated carbocycles. The summed E-state index contributed by atoms with van der Waals surface area (Å²) in [6.45, 7) is 7.19. The molecule has 4 rings (SSSR count). The second-order valence-corrected chi connectivity index (χ2v) is 8.31. The minimum absolute atomic E-state index is 0.244. The standard InChI is InChI=1S/C25H24N2O2S/c1-4-14-27-22-15-17(2)18(3)16-23(22)30-25(27)26-24(28)19-10-12-21(13-11-19)29-20-8-6-5-7-9-20/h5-13,15-16H,4,14H2,1-3H3. The molecular weight excluding hydrogens is 392 g/mol. The fourth-order valence-electron chi connectivity index (χ4n) is 3.29. The van der Waals surface area contributed by atoms with E-state index in [9.17, 15) is 4.79 Å². The zero-order valence-corrected chi connectivity index (χ0v) is 18.2. The van der Waals surface area contributed by atoms with Gasteiger partial charge in [-0.3, -0.25) is 4.79 Å². The molecule has 0 unspecified atom stereocenters. The van der Waals surface area contributed by atoms with E-state index in [2.05, 4.69) is 42.5 Å². The highest BCUT2D eigenvalue weighted by atomic mass is 32.1. The number of aromatic nitrogens is 1. The van der Waals surface area contributed by atoms with E-state index in [1.807, 2.05) is 30.3 Å². The maximum absolute atomic E-state index is 12.8. The van der Waals surface area contributed by atoms with E-state index in [1.165, 1.54) is 11.1 Å². The number of ether oxygens (including phenoxy) is 1. The van der Waals surface area contributed by atoms with Crippen LogP contribution in [0.5, 0.6) is 11.5 Å². The molecule has 1 heterocycles. The Labute approximate surface area is 180 Å². The van der Waals surface area contributed by atoms with E-state index in [4.69, 9.17) is 4.74 Å². The van der Waals surface area contributed by atoms with Crippen LogP contribution < -0.4 is 9.54 Å². The zero-order chi connectivity index (χ0) is 21.1. The summed E-state index contributed by atoms with van der Waals surface area (Å²) in [6, 6.07) is 21.1. The Kier molecular flexibility index (Phi) is 5.81. The Morgan fingerprint density at radius 3 is 2.33 bits per heavy atom. The van der Waals surface area contributed by atoms with Crippen LogP contribution in [0.3, 0.4) is 0 Å². The molecule has 0 bridgehead atoms. The zero-order valence-electron chi connectivity index (χ0n) is 17.4. The molecule has 0 radical (unpaired) electrons. The third kappa shape index (κ3) is 4.21. The van der Waals surface area contributed by atoms with Crippen LogP contribution in [0, 0.1) is 13.8 Å². The van der Waals surface area contributed by atoms with Crippen LogP contribution >= 0.6 is 11.3 Å². The number of aryl methyl sites for hydroxylation is 3. The lowest BCUT2D eigenvalue weighted by Gasteiger charge is -2.06. The number of carbonyl (C=O) groups excluding carboxylic acids is 1. The lowest BCUT2D eigenvalue weighted by molar-refractivity contribution is 0.0998. The van der Waals surface area contributed by atoms with Gasteiger partial charge in [0.1, 0.15) is 11.5 Å². The predicted molar refractivity (Wildman–Crippen MR) is 122 cm³/mol. The summed E-state index contributed by atoms with van der Waals surface area (Å²) in [6.07, 6.45) is 0.978. The highest BCUT2D eigenvalue weighted by Crippen LogP contribution is 2.23. The number of hydrogen-bond donors (Lipinski definition) is 0. The molecule has 3 aromatic carbocycles. The van der Waals surface area contributed by atoms with Crippen molar-refractivity contribution >= 4 is 27.5 Å². The highest BCUT2D eigenvalue weighted by molar-refractivity contribution is 7.16. The van der Waals surface area contributed by atoms with Crippen molar-refractivity contribution in [3.63, 3.8) is 0 Å². The molecule has 0 fully saturated rings. The van der Waals surface area contributed by atoms with Crippen LogP contribution in [0.2, 0.25) is 0 Å². The van der Waals surface area contributed by atoms with E-state index in [0.717, 1.165) is 33.7 Å². The fourth-order valence-corrected chi connectivity index (χ4v) is 4.42. The first kappa shape index (κ1) is 20.1. The van der Waals surface area contributed by atoms with Crippen molar-refractivity contribution in [1.82, 2.24) is 4.57 Å². The molecule has 4 aromatic rings. The molecule has 4 nitrogen and oxygen atoms in total. The topological polar surface area (TPSA) is 43.6 Å². The molecule has 0 N–H and O–H groups in total. The SMILES string of the molecule is CCCn1c(=NC(=O)c2ccc(Oc3ccccc3)cc2)sc2cc(C)c(C)cc21. The Morgan fingerprint density at radius 2 is 1.63 bits per heavy atom. The van der Waals surface area contributed by atoms with Gasteiger partial charge in [0.05, 0.1) is 10.2 Å². The van der Waals surface area contributed by atoms with Crippen molar-refractivity contribution in [2.45, 2.75) is 33.7 Å². The van der Waals surface area contributed by atoms with E-state index >= 15 is 0 Å². The van der Waals surface area contributed by atoms with Crippen LogP contribution in [-0.2, 0) is 6.54 Å². The summed E-state index contributed by atoms with van der Waals surface area (Å²) >= 11 is 1.57. The summed E-state index contributed by atoms with van der Waals surface area (Å²) in [5, 5.41) is 0. The molecule has 0 aliphatic rings. The molecule has 0 aliphatic carbocycles. The number of rotatable bonds is 5. The average molecular weight is 417 g/mol. The summed E-state index contributed by atoms with van der Waals surface area (Å²) in [7, 11) is 0. The molecule has 5 heteroatoms. The number of amides is 1. The number of para-hydroxylation sites is 1. The second kappa shape index (κ2) is 8.67. The molecule has 30 heavy (non-hydrogen) atoms. The Bertz CT molecular complexity index is 1250. The van der Waals surface area contributed by atoms with Gasteiger partial charge in [-0.15, -0.1) is 0 Å². The molecule has 0 spiro atoms. The van der Waals surface area contributed by atoms with Crippen molar-refractivity contribution < 1.29 is 9.53 Å². The number of thiazole rings is 1. The van der Waals surface area contributed by atoms with E-state index in [-0.39, 0.29) is 5.91 Å². The summed E-state index contributed by atoms with van der Waals surface area (Å²) in [4.78, 5) is 18.0. The normalized spacial score (nSPS) is 11.8. The van der Waals surface area contributed by atoms with Gasteiger partial charge >= 0.3 is 0 Å². The van der Waals surface area contributed by atoms with E-state index in [1.54, 1.807) is 35.6 Å². The molecular formula is C25H24N2O2S. The van der Waals surface area contributed by atoms with Gasteiger partial charge in [-0.25, -0.2) is 0 Å². The summed E-state index contributed by atoms with van der Waals surface area (Å²) in [5.41, 5.74) is 4.18. The first-order valence-electron chi connectivity index (χ1n) is 10.1. The minimum Gasteiger partial charge on any atom is -0.457 e. The Balaban J connectivity index is 1.65. The van der Waals surface area contributed by atoms with Crippen molar-refractivity contribution in [3.8, 4) is 11.5 Å². The third-order valence-corrected chi connectivity index (χ3v) is 6.06. The largest absolute Gasteiger partial charge is 0.457 e. The molecule has 0 saturated heterocycles. The number of nitrogens with zero attached hydrogens (tertiary/aromatic N) is 2. The smallest absolute Gasteiger partial charge is 0.279 e. The van der Waals surface area contributed by atoms with Crippen LogP contribution in [0.1, 0.15) is 34.8 Å². The van der Waals surface area contributed by atoms with Crippen LogP contribution in [0.4, 0.5) is 0 Å². The van der Waals surface area contributed by atoms with Gasteiger partial charge in [-0.05, 0) is 79.9 Å². The lowest BCUT2D eigenvalue weighted by Crippen LogP contribution is -2.16. The molecule has 0 aliphatic heterocycles. The van der Waals surface area contributed by atoms with Crippen molar-refractivity contribution in [2.75, 3.05) is 0 Å². The maximum atomic E-state index is 12.8. The molecule has 1 aromatic heterocycles. The fraction of sp³-hybridized carbons (Fsp3) is 0.200. The predicted octanol–water partition coefficient (Wildman–Crippen LogP) is 6.26. The lowest BCUT2D eigenvalue weighted by atomic mass is 10.1. The van der Waals surface area contributed by atoms with Gasteiger partial charge < -0.3 is 9.30 Å². The minimum atomic E-state index is -0.244. The summed E-state index contributed by atoms with van der Waals surface area (Å²) in [5.74, 6) is 1.20. The number of fused-ring (bicyclic) bond motifs is 1. The Morgan fingerprint density at radius 1 is 0.967 bits per heavy atom. The second-order valence-electron chi connectivity index (χ2n) is 7.30. The number of hydrogen-bond acceptors (Lipinski definition) is 3. The van der Waals surface area contributed by atoms with Crippen molar-refractivity contribution in [2.24, 2.45) is 4.99 Å². The summed E-state index contributed by atoms with van der Waals surface area (Å²) < 4.78 is 9.11. The van der Waals surface area contributed by atoms with Gasteiger partial charge in [0, 0.05) is 12.1 Å². The van der Waals surface area contributed by atoms with Gasteiger partial charge in [-0.1, -0.05) is 36.5 Å². The molecule has 1 amide bonds. The van der Waals surface area contributed by atoms with Gasteiger partial charge in [-0.2, -0.15) is 4.99 Å². The van der Waals surface area contributed by atoms with Crippen LogP contribution in [0.25, 0.3) is 10.2 Å². The molecule has 152 valence electrons. The van der Waals surface area contributed by atoms with Crippen molar-refractivity contribution in [3.05, 3.63) is 88.2 Å². The van der Waals surface area contributed by atoms with Crippen molar-refractivity contribution in [1.29, 1.82) is 0 Å². The van der Waals surface area contributed by atoms with Crippen LogP contribution in [0.15, 0.2) is 71.7 Å². The van der Waals surface area contributed by atoms with E-state index in [0.29, 0.717) is 11.3 Å². The average Bonchev–Trinajstić information content (AvgIpc) is 3.06. The number of benzene rings is 3.